The monoisotopic (exact) mass is 611 g/mol. The van der Waals surface area contributed by atoms with Crippen molar-refractivity contribution in [2.24, 2.45) is 11.8 Å². The number of hydrogen-bond donors (Lipinski definition) is 1. The van der Waals surface area contributed by atoms with Crippen molar-refractivity contribution in [2.45, 2.75) is 24.9 Å². The van der Waals surface area contributed by atoms with E-state index in [9.17, 15) is 4.79 Å². The van der Waals surface area contributed by atoms with Gasteiger partial charge in [0.2, 0.25) is 0 Å². The Hall–Kier alpha value is -4.31. The van der Waals surface area contributed by atoms with Crippen LogP contribution in [-0.4, -0.2) is 42.0 Å². The van der Waals surface area contributed by atoms with Gasteiger partial charge in [0.05, 0.1) is 18.7 Å². The lowest BCUT2D eigenvalue weighted by Crippen LogP contribution is -2.57. The van der Waals surface area contributed by atoms with Crippen LogP contribution in [0, 0.1) is 11.8 Å². The Kier molecular flexibility index (Phi) is 8.47. The van der Waals surface area contributed by atoms with Gasteiger partial charge < -0.3 is 10.1 Å². The number of rotatable bonds is 9. The van der Waals surface area contributed by atoms with Gasteiger partial charge in [0.25, 0.3) is 5.91 Å². The average Bonchev–Trinajstić information content (AvgIpc) is 3.11. The van der Waals surface area contributed by atoms with E-state index in [2.05, 4.69) is 101 Å². The number of aromatic nitrogens is 1. The lowest BCUT2D eigenvalue weighted by Gasteiger charge is -2.51. The molecule has 3 aliphatic heterocycles. The maximum atomic E-state index is 14.7. The first-order valence-corrected chi connectivity index (χ1v) is 17.1. The van der Waals surface area contributed by atoms with Crippen LogP contribution in [-0.2, 0) is 0 Å². The summed E-state index contributed by atoms with van der Waals surface area (Å²) < 4.78 is 5.62. The Morgan fingerprint density at radius 1 is 0.978 bits per heavy atom. The highest BCUT2D eigenvalue weighted by atomic mass is 31.1. The third-order valence-corrected chi connectivity index (χ3v) is 12.1. The van der Waals surface area contributed by atoms with Crippen LogP contribution in [0.15, 0.2) is 128 Å². The molecule has 5 nitrogen and oxygen atoms in total. The summed E-state index contributed by atoms with van der Waals surface area (Å²) in [5, 5.41) is 8.10. The molecule has 45 heavy (non-hydrogen) atoms. The van der Waals surface area contributed by atoms with Crippen LogP contribution < -0.4 is 26.0 Å². The number of nitrogens with one attached hydrogen (secondary N) is 1. The summed E-state index contributed by atoms with van der Waals surface area (Å²) in [5.74, 6) is 1.78. The van der Waals surface area contributed by atoms with Crippen molar-refractivity contribution in [3.63, 3.8) is 0 Å². The zero-order chi connectivity index (χ0) is 30.8. The Bertz CT molecular complexity index is 1770. The van der Waals surface area contributed by atoms with Gasteiger partial charge in [0, 0.05) is 29.7 Å². The summed E-state index contributed by atoms with van der Waals surface area (Å²) in [6, 6.07) is 37.3. The second kappa shape index (κ2) is 13.0. The molecule has 0 saturated carbocycles. The Balaban J connectivity index is 1.32. The van der Waals surface area contributed by atoms with E-state index in [4.69, 9.17) is 4.74 Å². The number of nitrogens with zero attached hydrogens (tertiary/aromatic N) is 2. The first-order valence-electron chi connectivity index (χ1n) is 15.7. The third kappa shape index (κ3) is 5.79. The Labute approximate surface area is 266 Å². The van der Waals surface area contributed by atoms with Gasteiger partial charge >= 0.3 is 0 Å². The SMILES string of the molecule is C=C[C@H]1CN2CC[C@H]1C[C@H]2[C@@H](NC(=O)c1ccccc1P(c1ccccc1)c1ccccc1)c1ccnc2ccc(OC)cc12. The molecule has 3 aliphatic rings. The molecule has 3 saturated heterocycles. The lowest BCUT2D eigenvalue weighted by atomic mass is 9.73. The zero-order valence-electron chi connectivity index (χ0n) is 25.6. The minimum Gasteiger partial charge on any atom is -0.497 e. The van der Waals surface area contributed by atoms with Crippen molar-refractivity contribution in [3.8, 4) is 5.75 Å². The fourth-order valence-corrected chi connectivity index (χ4v) is 9.76. The van der Waals surface area contributed by atoms with E-state index < -0.39 is 7.92 Å². The second-order valence-electron chi connectivity index (χ2n) is 12.0. The summed E-state index contributed by atoms with van der Waals surface area (Å²) in [6.07, 6.45) is 6.17. The van der Waals surface area contributed by atoms with Crippen LogP contribution in [0.3, 0.4) is 0 Å². The molecular formula is C39H38N3O2P. The van der Waals surface area contributed by atoms with Crippen molar-refractivity contribution in [2.75, 3.05) is 20.2 Å². The van der Waals surface area contributed by atoms with Gasteiger partial charge in [-0.05, 0) is 91.0 Å². The van der Waals surface area contributed by atoms with E-state index in [1.165, 1.54) is 17.0 Å². The molecule has 2 bridgehead atoms. The number of benzene rings is 4. The Morgan fingerprint density at radius 2 is 1.69 bits per heavy atom. The van der Waals surface area contributed by atoms with Crippen LogP contribution in [0.5, 0.6) is 5.75 Å². The smallest absolute Gasteiger partial charge is 0.252 e. The van der Waals surface area contributed by atoms with E-state index in [1.807, 2.05) is 42.6 Å². The van der Waals surface area contributed by atoms with Crippen molar-refractivity contribution in [1.82, 2.24) is 15.2 Å². The van der Waals surface area contributed by atoms with Crippen molar-refractivity contribution in [1.29, 1.82) is 0 Å². The number of hydrogen-bond acceptors (Lipinski definition) is 4. The molecular weight excluding hydrogens is 573 g/mol. The Morgan fingerprint density at radius 3 is 2.36 bits per heavy atom. The first kappa shape index (κ1) is 29.4. The maximum absolute atomic E-state index is 14.7. The molecule has 4 aromatic carbocycles. The summed E-state index contributed by atoms with van der Waals surface area (Å²) >= 11 is 0. The molecule has 4 heterocycles. The van der Waals surface area contributed by atoms with E-state index >= 15 is 0 Å². The minimum atomic E-state index is -0.950. The van der Waals surface area contributed by atoms with Crippen LogP contribution in [0.1, 0.15) is 34.8 Å². The summed E-state index contributed by atoms with van der Waals surface area (Å²) in [6.45, 7) is 6.14. The van der Waals surface area contributed by atoms with Crippen molar-refractivity contribution < 1.29 is 9.53 Å². The van der Waals surface area contributed by atoms with Crippen LogP contribution in [0.25, 0.3) is 10.9 Å². The van der Waals surface area contributed by atoms with Gasteiger partial charge in [-0.3, -0.25) is 14.7 Å². The fourth-order valence-electron chi connectivity index (χ4n) is 7.31. The van der Waals surface area contributed by atoms with Crippen LogP contribution in [0.4, 0.5) is 0 Å². The first-order chi connectivity index (χ1) is 22.1. The highest BCUT2D eigenvalue weighted by molar-refractivity contribution is 7.80. The van der Waals surface area contributed by atoms with E-state index in [1.54, 1.807) is 7.11 Å². The molecule has 1 amide bonds. The van der Waals surface area contributed by atoms with Crippen molar-refractivity contribution >= 4 is 40.6 Å². The fraction of sp³-hybridized carbons (Fsp3) is 0.231. The van der Waals surface area contributed by atoms with Gasteiger partial charge in [0.15, 0.2) is 0 Å². The van der Waals surface area contributed by atoms with Gasteiger partial charge in [-0.25, -0.2) is 0 Å². The van der Waals surface area contributed by atoms with Crippen LogP contribution in [0.2, 0.25) is 0 Å². The topological polar surface area (TPSA) is 54.5 Å². The molecule has 1 unspecified atom stereocenters. The van der Waals surface area contributed by atoms with Crippen LogP contribution >= 0.6 is 7.92 Å². The molecule has 0 spiro atoms. The predicted octanol–water partition coefficient (Wildman–Crippen LogP) is 6.37. The molecule has 1 aromatic heterocycles. The predicted molar refractivity (Wildman–Crippen MR) is 185 cm³/mol. The standard InChI is InChI=1S/C39H38N3O2P/c1-3-27-26-42-23-21-28(27)24-36(42)38(32-20-22-40-35-19-18-29(44-2)25-34(32)35)41-39(43)33-16-10-11-17-37(33)45(30-12-6-4-7-13-30)31-14-8-5-9-15-31/h3-20,22,25,27-28,36,38H,1,21,23-24,26H2,2H3,(H,41,43)/t27-,28-,36-,38-/m0/s1. The van der Waals surface area contributed by atoms with Gasteiger partial charge in [-0.2, -0.15) is 0 Å². The molecule has 3 fully saturated rings. The van der Waals surface area contributed by atoms with E-state index in [-0.39, 0.29) is 18.0 Å². The molecule has 0 aliphatic carbocycles. The number of piperidine rings is 3. The van der Waals surface area contributed by atoms with Gasteiger partial charge in [0.1, 0.15) is 5.75 Å². The zero-order valence-corrected chi connectivity index (χ0v) is 26.4. The largest absolute Gasteiger partial charge is 0.497 e. The molecule has 5 atom stereocenters. The molecule has 1 N–H and O–H groups in total. The lowest BCUT2D eigenvalue weighted by molar-refractivity contribution is 0.00171. The number of methoxy groups -OCH3 is 1. The quantitative estimate of drug-likeness (QED) is 0.156. The van der Waals surface area contributed by atoms with Gasteiger partial charge in [-0.1, -0.05) is 84.9 Å². The maximum Gasteiger partial charge on any atom is 0.252 e. The number of carbonyl (C=O) groups excluding carboxylic acids is 1. The number of pyridine rings is 1. The number of fused-ring (bicyclic) bond motifs is 4. The normalized spacial score (nSPS) is 21.4. The number of carbonyl (C=O) groups is 1. The third-order valence-electron chi connectivity index (χ3n) is 9.56. The molecule has 8 rings (SSSR count). The number of ether oxygens (including phenoxy) is 1. The van der Waals surface area contributed by atoms with E-state index in [0.29, 0.717) is 11.8 Å². The molecule has 226 valence electrons. The van der Waals surface area contributed by atoms with Gasteiger partial charge in [-0.15, -0.1) is 6.58 Å². The molecule has 0 radical (unpaired) electrons. The summed E-state index contributed by atoms with van der Waals surface area (Å²) in [5.41, 5.74) is 2.69. The molecule has 6 heteroatoms. The summed E-state index contributed by atoms with van der Waals surface area (Å²) in [7, 11) is 0.737. The number of amides is 1. The summed E-state index contributed by atoms with van der Waals surface area (Å²) in [4.78, 5) is 21.9. The van der Waals surface area contributed by atoms with Crippen molar-refractivity contribution in [3.05, 3.63) is 139 Å². The van der Waals surface area contributed by atoms with E-state index in [0.717, 1.165) is 52.6 Å². The minimum absolute atomic E-state index is 0.0502. The highest BCUT2D eigenvalue weighted by Crippen LogP contribution is 2.43. The highest BCUT2D eigenvalue weighted by Gasteiger charge is 2.43. The molecule has 5 aromatic rings. The second-order valence-corrected chi connectivity index (χ2v) is 14.2. The average molecular weight is 612 g/mol.